The maximum Gasteiger partial charge on any atom is 0.403 e. The summed E-state index contributed by atoms with van der Waals surface area (Å²) in [7, 11) is 0. The average molecular weight is 300 g/mol. The number of hydrogen-bond donors (Lipinski definition) is 1. The van der Waals surface area contributed by atoms with Crippen molar-refractivity contribution < 1.29 is 22.8 Å². The fourth-order valence-corrected chi connectivity index (χ4v) is 2.69. The molecule has 0 bridgehead atoms. The fourth-order valence-electron chi connectivity index (χ4n) is 2.69. The van der Waals surface area contributed by atoms with Gasteiger partial charge in [0.15, 0.2) is 0 Å². The summed E-state index contributed by atoms with van der Waals surface area (Å²) in [5.41, 5.74) is 0.189. The molecule has 1 fully saturated rings. The monoisotopic (exact) mass is 300 g/mol. The lowest BCUT2D eigenvalue weighted by molar-refractivity contribution is -0.167. The second-order valence-corrected chi connectivity index (χ2v) is 4.94. The van der Waals surface area contributed by atoms with E-state index in [1.54, 1.807) is 0 Å². The van der Waals surface area contributed by atoms with Crippen molar-refractivity contribution in [3.05, 3.63) is 36.5 Å². The summed E-state index contributed by atoms with van der Waals surface area (Å²) in [6, 6.07) is -2.48. The van der Waals surface area contributed by atoms with Gasteiger partial charge >= 0.3 is 6.18 Å². The third-order valence-electron chi connectivity index (χ3n) is 3.73. The minimum absolute atomic E-state index is 0.0945. The van der Waals surface area contributed by atoms with Crippen molar-refractivity contribution in [2.45, 2.75) is 31.1 Å². The Hall–Kier alpha value is -1.89. The molecule has 2 atom stereocenters. The van der Waals surface area contributed by atoms with Gasteiger partial charge in [-0.2, -0.15) is 13.2 Å². The van der Waals surface area contributed by atoms with Gasteiger partial charge in [0.2, 0.25) is 0 Å². The second kappa shape index (κ2) is 5.48. The van der Waals surface area contributed by atoms with Crippen molar-refractivity contribution >= 4 is 11.8 Å². The molecule has 0 saturated carbocycles. The predicted molar refractivity (Wildman–Crippen MR) is 70.1 cm³/mol. The van der Waals surface area contributed by atoms with Crippen LogP contribution in [0.25, 0.3) is 0 Å². The number of rotatable bonds is 3. The molecular formula is C14H15F3N2O2. The molecule has 114 valence electrons. The Bertz CT molecular complexity index is 507. The molecule has 21 heavy (non-hydrogen) atoms. The van der Waals surface area contributed by atoms with Crippen LogP contribution in [0, 0.1) is 0 Å². The number of imide groups is 1. The van der Waals surface area contributed by atoms with Gasteiger partial charge in [0, 0.05) is 6.04 Å². The summed E-state index contributed by atoms with van der Waals surface area (Å²) >= 11 is 0. The second-order valence-electron chi connectivity index (χ2n) is 4.94. The van der Waals surface area contributed by atoms with Crippen LogP contribution in [0.5, 0.6) is 0 Å². The van der Waals surface area contributed by atoms with Gasteiger partial charge in [-0.1, -0.05) is 25.3 Å². The van der Waals surface area contributed by atoms with E-state index in [2.05, 4.69) is 18.5 Å². The van der Waals surface area contributed by atoms with Crippen LogP contribution >= 0.6 is 0 Å². The Morgan fingerprint density at radius 1 is 1.14 bits per heavy atom. The van der Waals surface area contributed by atoms with Gasteiger partial charge in [-0.15, -0.1) is 0 Å². The standard InChI is InChI=1S/C14H15F3N2O2/c1-3-9-10(4-2)13(21)19(12(9)20)8-5-6-18-11(7-8)14(15,16)17/h3-4,8,11,18H,1-2,5-7H2. The Balaban J connectivity index is 2.24. The van der Waals surface area contributed by atoms with Gasteiger partial charge in [0.05, 0.1) is 11.1 Å². The molecule has 2 unspecified atom stereocenters. The van der Waals surface area contributed by atoms with Gasteiger partial charge in [-0.25, -0.2) is 0 Å². The Morgan fingerprint density at radius 2 is 1.67 bits per heavy atom. The van der Waals surface area contributed by atoms with Crippen LogP contribution in [-0.2, 0) is 9.59 Å². The number of nitrogens with zero attached hydrogens (tertiary/aromatic N) is 1. The molecule has 0 aromatic carbocycles. The van der Waals surface area contributed by atoms with Crippen molar-refractivity contribution in [1.82, 2.24) is 10.2 Å². The summed E-state index contributed by atoms with van der Waals surface area (Å²) in [5, 5.41) is 2.36. The largest absolute Gasteiger partial charge is 0.403 e. The molecule has 2 aliphatic heterocycles. The molecule has 0 radical (unpaired) electrons. The highest BCUT2D eigenvalue weighted by molar-refractivity contribution is 6.22. The highest BCUT2D eigenvalue weighted by Crippen LogP contribution is 2.32. The topological polar surface area (TPSA) is 49.4 Å². The number of carbonyl (C=O) groups is 2. The first-order valence-electron chi connectivity index (χ1n) is 6.48. The Labute approximate surface area is 120 Å². The third kappa shape index (κ3) is 2.65. The highest BCUT2D eigenvalue weighted by atomic mass is 19.4. The van der Waals surface area contributed by atoms with E-state index < -0.39 is 30.1 Å². The molecule has 2 amide bonds. The predicted octanol–water partition coefficient (Wildman–Crippen LogP) is 1.71. The summed E-state index contributed by atoms with van der Waals surface area (Å²) in [6.07, 6.45) is -1.98. The molecule has 0 aromatic rings. The van der Waals surface area contributed by atoms with Crippen molar-refractivity contribution in [3.8, 4) is 0 Å². The van der Waals surface area contributed by atoms with Crippen molar-refractivity contribution in [3.63, 3.8) is 0 Å². The summed E-state index contributed by atoms with van der Waals surface area (Å²) in [6.45, 7) is 7.02. The normalized spacial score (nSPS) is 27.3. The zero-order chi connectivity index (χ0) is 15.8. The molecular weight excluding hydrogens is 285 g/mol. The maximum atomic E-state index is 12.8. The number of carbonyl (C=O) groups excluding carboxylic acids is 2. The zero-order valence-corrected chi connectivity index (χ0v) is 11.2. The van der Waals surface area contributed by atoms with Crippen LogP contribution in [0.2, 0.25) is 0 Å². The van der Waals surface area contributed by atoms with Crippen LogP contribution in [0.4, 0.5) is 13.2 Å². The van der Waals surface area contributed by atoms with Crippen LogP contribution in [0.1, 0.15) is 12.8 Å². The van der Waals surface area contributed by atoms with E-state index in [1.165, 1.54) is 12.2 Å². The molecule has 7 heteroatoms. The first kappa shape index (κ1) is 15.5. The Morgan fingerprint density at radius 3 is 2.10 bits per heavy atom. The van der Waals surface area contributed by atoms with E-state index in [-0.39, 0.29) is 24.1 Å². The first-order chi connectivity index (χ1) is 9.81. The van der Waals surface area contributed by atoms with E-state index in [0.29, 0.717) is 6.42 Å². The van der Waals surface area contributed by atoms with Crippen molar-refractivity contribution in [1.29, 1.82) is 0 Å². The molecule has 2 heterocycles. The van der Waals surface area contributed by atoms with Crippen LogP contribution in [-0.4, -0.2) is 41.5 Å². The highest BCUT2D eigenvalue weighted by Gasteiger charge is 2.47. The zero-order valence-electron chi connectivity index (χ0n) is 11.2. The maximum absolute atomic E-state index is 12.8. The van der Waals surface area contributed by atoms with Gasteiger partial charge in [-0.05, 0) is 19.4 Å². The first-order valence-corrected chi connectivity index (χ1v) is 6.48. The molecule has 4 nitrogen and oxygen atoms in total. The average Bonchev–Trinajstić information content (AvgIpc) is 2.68. The van der Waals surface area contributed by atoms with E-state index in [9.17, 15) is 22.8 Å². The summed E-state index contributed by atoms with van der Waals surface area (Å²) in [5.74, 6) is -1.20. The number of nitrogens with one attached hydrogen (secondary N) is 1. The molecule has 2 rings (SSSR count). The lowest BCUT2D eigenvalue weighted by atomic mass is 9.97. The quantitative estimate of drug-likeness (QED) is 0.807. The van der Waals surface area contributed by atoms with Crippen LogP contribution in [0.15, 0.2) is 36.5 Å². The fraction of sp³-hybridized carbons (Fsp3) is 0.429. The molecule has 1 saturated heterocycles. The van der Waals surface area contributed by atoms with E-state index in [0.717, 1.165) is 4.90 Å². The molecule has 0 aromatic heterocycles. The van der Waals surface area contributed by atoms with Crippen molar-refractivity contribution in [2.75, 3.05) is 6.54 Å². The number of hydrogen-bond acceptors (Lipinski definition) is 3. The number of piperidine rings is 1. The lowest BCUT2D eigenvalue weighted by Crippen LogP contribution is -2.55. The summed E-state index contributed by atoms with van der Waals surface area (Å²) in [4.78, 5) is 25.3. The third-order valence-corrected chi connectivity index (χ3v) is 3.73. The van der Waals surface area contributed by atoms with Crippen LogP contribution in [0.3, 0.4) is 0 Å². The smallest absolute Gasteiger partial charge is 0.306 e. The molecule has 0 spiro atoms. The lowest BCUT2D eigenvalue weighted by Gasteiger charge is -2.35. The minimum Gasteiger partial charge on any atom is -0.306 e. The number of amides is 2. The molecule has 0 aliphatic carbocycles. The SMILES string of the molecule is C=CC1=C(C=C)C(=O)N(C2CCNC(C(F)(F)F)C2)C1=O. The van der Waals surface area contributed by atoms with Gasteiger partial charge in [0.25, 0.3) is 11.8 Å². The van der Waals surface area contributed by atoms with E-state index >= 15 is 0 Å². The minimum atomic E-state index is -4.40. The molecule has 1 N–H and O–H groups in total. The van der Waals surface area contributed by atoms with E-state index in [4.69, 9.17) is 0 Å². The van der Waals surface area contributed by atoms with Crippen molar-refractivity contribution in [2.24, 2.45) is 0 Å². The van der Waals surface area contributed by atoms with Gasteiger partial charge < -0.3 is 5.32 Å². The van der Waals surface area contributed by atoms with Gasteiger partial charge in [-0.3, -0.25) is 14.5 Å². The summed E-state index contributed by atoms with van der Waals surface area (Å²) < 4.78 is 38.4. The number of alkyl halides is 3. The van der Waals surface area contributed by atoms with Gasteiger partial charge in [0.1, 0.15) is 6.04 Å². The van der Waals surface area contributed by atoms with Crippen LogP contribution < -0.4 is 5.32 Å². The van der Waals surface area contributed by atoms with E-state index in [1.807, 2.05) is 0 Å². The number of halogens is 3. The Kier molecular flexibility index (Phi) is 4.04. The molecule has 2 aliphatic rings.